The molecule has 0 saturated carbocycles. The summed E-state index contributed by atoms with van der Waals surface area (Å²) in [5.41, 5.74) is 2.10. The van der Waals surface area contributed by atoms with E-state index in [-0.39, 0.29) is 5.56 Å². The van der Waals surface area contributed by atoms with Crippen molar-refractivity contribution in [2.24, 2.45) is 0 Å². The third-order valence-electron chi connectivity index (χ3n) is 2.83. The van der Waals surface area contributed by atoms with E-state index < -0.39 is 5.92 Å². The van der Waals surface area contributed by atoms with Gasteiger partial charge in [0.2, 0.25) is 0 Å². The number of alkyl halides is 2. The fourth-order valence-electron chi connectivity index (χ4n) is 1.56. The number of allylic oxidation sites excluding steroid dienone is 1. The Labute approximate surface area is 102 Å². The van der Waals surface area contributed by atoms with E-state index in [0.717, 1.165) is 24.6 Å². The molecule has 0 bridgehead atoms. The molecule has 1 rings (SSSR count). The molecular weight excluding hydrogens is 220 g/mol. The van der Waals surface area contributed by atoms with Gasteiger partial charge in [-0.25, -0.2) is 8.78 Å². The normalized spacial score (nSPS) is 11.4. The Balaban J connectivity index is 2.72. The highest BCUT2D eigenvalue weighted by atomic mass is 19.3. The number of rotatable bonds is 5. The molecule has 0 saturated heterocycles. The molecule has 0 unspecified atom stereocenters. The summed E-state index contributed by atoms with van der Waals surface area (Å²) >= 11 is 0. The van der Waals surface area contributed by atoms with E-state index in [9.17, 15) is 8.78 Å². The van der Waals surface area contributed by atoms with Gasteiger partial charge < -0.3 is 4.90 Å². The van der Waals surface area contributed by atoms with Gasteiger partial charge in [-0.3, -0.25) is 0 Å². The van der Waals surface area contributed by atoms with Gasteiger partial charge >= 0.3 is 0 Å². The lowest BCUT2D eigenvalue weighted by atomic mass is 10.1. The summed E-state index contributed by atoms with van der Waals surface area (Å²) in [5, 5.41) is 0. The van der Waals surface area contributed by atoms with Crippen LogP contribution in [0.2, 0.25) is 0 Å². The van der Waals surface area contributed by atoms with Crippen LogP contribution in [0.4, 0.5) is 8.78 Å². The van der Waals surface area contributed by atoms with Crippen LogP contribution in [0.1, 0.15) is 31.4 Å². The monoisotopic (exact) mass is 239 g/mol. The van der Waals surface area contributed by atoms with Gasteiger partial charge in [-0.2, -0.15) is 0 Å². The van der Waals surface area contributed by atoms with Crippen molar-refractivity contribution in [1.29, 1.82) is 0 Å². The quantitative estimate of drug-likeness (QED) is 0.746. The van der Waals surface area contributed by atoms with Crippen LogP contribution >= 0.6 is 0 Å². The number of halogens is 2. The molecular formula is C14H19F2N. The van der Waals surface area contributed by atoms with Crippen LogP contribution in [0.5, 0.6) is 0 Å². The topological polar surface area (TPSA) is 3.24 Å². The first-order valence-corrected chi connectivity index (χ1v) is 5.70. The van der Waals surface area contributed by atoms with Crippen LogP contribution in [-0.4, -0.2) is 11.9 Å². The van der Waals surface area contributed by atoms with Gasteiger partial charge in [-0.15, -0.1) is 0 Å². The van der Waals surface area contributed by atoms with Gasteiger partial charge in [0.1, 0.15) is 0 Å². The largest absolute Gasteiger partial charge is 0.374 e. The minimum Gasteiger partial charge on any atom is -0.374 e. The van der Waals surface area contributed by atoms with Crippen molar-refractivity contribution >= 4 is 0 Å². The van der Waals surface area contributed by atoms with Crippen molar-refractivity contribution in [3.05, 3.63) is 47.7 Å². The summed E-state index contributed by atoms with van der Waals surface area (Å²) in [4.78, 5) is 2.03. The van der Waals surface area contributed by atoms with E-state index in [1.807, 2.05) is 18.9 Å². The molecule has 3 heteroatoms. The van der Waals surface area contributed by atoms with Gasteiger partial charge in [0.25, 0.3) is 5.92 Å². The maximum Gasteiger partial charge on any atom is 0.270 e. The minimum absolute atomic E-state index is 0.0539. The summed E-state index contributed by atoms with van der Waals surface area (Å²) in [6.45, 7) is 7.58. The van der Waals surface area contributed by atoms with Crippen molar-refractivity contribution in [3.63, 3.8) is 0 Å². The van der Waals surface area contributed by atoms with Crippen LogP contribution in [0.25, 0.3) is 0 Å². The molecule has 0 heterocycles. The Morgan fingerprint density at radius 1 is 1.29 bits per heavy atom. The van der Waals surface area contributed by atoms with Gasteiger partial charge in [0, 0.05) is 31.8 Å². The van der Waals surface area contributed by atoms with E-state index in [4.69, 9.17) is 0 Å². The molecule has 94 valence electrons. The Bertz CT molecular complexity index is 376. The van der Waals surface area contributed by atoms with Crippen molar-refractivity contribution in [3.8, 4) is 0 Å². The predicted octanol–water partition coefficient (Wildman–Crippen LogP) is 4.15. The zero-order chi connectivity index (χ0) is 13.1. The van der Waals surface area contributed by atoms with Gasteiger partial charge in [0.05, 0.1) is 0 Å². The number of hydrogen-bond acceptors (Lipinski definition) is 1. The van der Waals surface area contributed by atoms with Gasteiger partial charge in [0.15, 0.2) is 0 Å². The summed E-state index contributed by atoms with van der Waals surface area (Å²) < 4.78 is 26.0. The third-order valence-corrected chi connectivity index (χ3v) is 2.83. The summed E-state index contributed by atoms with van der Waals surface area (Å²) in [7, 11) is 1.95. The molecule has 0 fully saturated rings. The van der Waals surface area contributed by atoms with Crippen molar-refractivity contribution < 1.29 is 8.78 Å². The molecule has 0 aliphatic heterocycles. The molecule has 0 N–H and O–H groups in total. The molecule has 17 heavy (non-hydrogen) atoms. The van der Waals surface area contributed by atoms with Crippen molar-refractivity contribution in [2.45, 2.75) is 32.7 Å². The smallest absolute Gasteiger partial charge is 0.270 e. The fraction of sp³-hybridized carbons (Fsp3) is 0.429. The molecule has 1 aromatic rings. The fourth-order valence-corrected chi connectivity index (χ4v) is 1.56. The SMILES string of the molecule is C=C(CC)N(C)Cc1ccc(C(C)(F)F)cc1. The van der Waals surface area contributed by atoms with E-state index in [2.05, 4.69) is 6.58 Å². The minimum atomic E-state index is -2.77. The van der Waals surface area contributed by atoms with Crippen LogP contribution < -0.4 is 0 Å². The zero-order valence-corrected chi connectivity index (χ0v) is 10.6. The third kappa shape index (κ3) is 3.84. The number of nitrogens with zero attached hydrogens (tertiary/aromatic N) is 1. The highest BCUT2D eigenvalue weighted by Crippen LogP contribution is 2.27. The number of benzene rings is 1. The molecule has 0 aromatic heterocycles. The molecule has 0 aliphatic rings. The molecule has 0 spiro atoms. The molecule has 0 radical (unpaired) electrons. The molecule has 0 amide bonds. The average Bonchev–Trinajstić information content (AvgIpc) is 2.27. The maximum atomic E-state index is 13.0. The van der Waals surface area contributed by atoms with Crippen LogP contribution in [0, 0.1) is 0 Å². The second kappa shape index (κ2) is 5.30. The Kier molecular flexibility index (Phi) is 4.27. The molecule has 1 aromatic carbocycles. The van der Waals surface area contributed by atoms with Crippen LogP contribution in [-0.2, 0) is 12.5 Å². The first kappa shape index (κ1) is 13.7. The lowest BCUT2D eigenvalue weighted by Gasteiger charge is -2.21. The lowest BCUT2D eigenvalue weighted by molar-refractivity contribution is 0.0174. The summed E-state index contributed by atoms with van der Waals surface area (Å²) in [6.07, 6.45) is 0.890. The zero-order valence-electron chi connectivity index (χ0n) is 10.6. The summed E-state index contributed by atoms with van der Waals surface area (Å²) in [6, 6.07) is 6.45. The Morgan fingerprint density at radius 2 is 1.82 bits per heavy atom. The van der Waals surface area contributed by atoms with Crippen LogP contribution in [0.15, 0.2) is 36.5 Å². The molecule has 0 aliphatic carbocycles. The van der Waals surface area contributed by atoms with Gasteiger partial charge in [-0.1, -0.05) is 37.8 Å². The van der Waals surface area contributed by atoms with E-state index in [0.29, 0.717) is 6.54 Å². The highest BCUT2D eigenvalue weighted by molar-refractivity contribution is 5.25. The lowest BCUT2D eigenvalue weighted by Crippen LogP contribution is -2.16. The first-order chi connectivity index (χ1) is 7.84. The van der Waals surface area contributed by atoms with Crippen molar-refractivity contribution in [1.82, 2.24) is 4.90 Å². The predicted molar refractivity (Wildman–Crippen MR) is 66.9 cm³/mol. The highest BCUT2D eigenvalue weighted by Gasteiger charge is 2.23. The maximum absolute atomic E-state index is 13.0. The second-order valence-electron chi connectivity index (χ2n) is 4.36. The second-order valence-corrected chi connectivity index (χ2v) is 4.36. The van der Waals surface area contributed by atoms with E-state index >= 15 is 0 Å². The van der Waals surface area contributed by atoms with Crippen molar-refractivity contribution in [2.75, 3.05) is 7.05 Å². The standard InChI is InChI=1S/C14H19F2N/c1-5-11(2)17(4)10-12-6-8-13(9-7-12)14(3,15)16/h6-9H,2,5,10H2,1,3-4H3. The van der Waals surface area contributed by atoms with Crippen LogP contribution in [0.3, 0.4) is 0 Å². The number of hydrogen-bond donors (Lipinski definition) is 0. The first-order valence-electron chi connectivity index (χ1n) is 5.70. The molecule has 1 nitrogen and oxygen atoms in total. The van der Waals surface area contributed by atoms with E-state index in [1.54, 1.807) is 12.1 Å². The average molecular weight is 239 g/mol. The van der Waals surface area contributed by atoms with E-state index in [1.165, 1.54) is 12.1 Å². The molecule has 0 atom stereocenters. The summed E-state index contributed by atoms with van der Waals surface area (Å²) in [5.74, 6) is -2.77. The Hall–Kier alpha value is -1.38. The Morgan fingerprint density at radius 3 is 2.24 bits per heavy atom. The van der Waals surface area contributed by atoms with Gasteiger partial charge in [-0.05, 0) is 12.0 Å².